The van der Waals surface area contributed by atoms with Gasteiger partial charge in [0.25, 0.3) is 0 Å². The molecular weight excluding hydrogens is 473 g/mol. The maximum absolute atomic E-state index is 13.1. The normalized spacial score (nSPS) is 12.6. The van der Waals surface area contributed by atoms with Crippen molar-refractivity contribution in [2.45, 2.75) is 14.7 Å². The van der Waals surface area contributed by atoms with E-state index >= 15 is 0 Å². The molecule has 1 unspecified atom stereocenters. The molecule has 4 aromatic rings. The van der Waals surface area contributed by atoms with Gasteiger partial charge >= 0.3 is 0 Å². The van der Waals surface area contributed by atoms with Gasteiger partial charge in [0.1, 0.15) is 5.88 Å². The maximum Gasteiger partial charge on any atom is 0.196 e. The molecule has 158 valence electrons. The highest BCUT2D eigenvalue weighted by molar-refractivity contribution is 7.91. The van der Waals surface area contributed by atoms with Gasteiger partial charge in [-0.2, -0.15) is 0 Å². The molecule has 0 saturated heterocycles. The van der Waals surface area contributed by atoms with Gasteiger partial charge in [0.2, 0.25) is 0 Å². The number of hydrogen-bond acceptors (Lipinski definition) is 4. The van der Waals surface area contributed by atoms with Crippen LogP contribution in [0.25, 0.3) is 10.8 Å². The Hall–Kier alpha value is -2.38. The highest BCUT2D eigenvalue weighted by Crippen LogP contribution is 2.29. The SMILES string of the molecule is O=S(c1ccc2ccccc2c1)c1ccc(NCS(=O)(=O)c2ccc(Cl)cc2)cc1Cl. The summed E-state index contributed by atoms with van der Waals surface area (Å²) in [7, 11) is -5.02. The minimum atomic E-state index is -3.55. The van der Waals surface area contributed by atoms with Crippen molar-refractivity contribution in [1.29, 1.82) is 0 Å². The molecule has 0 aliphatic heterocycles. The summed E-state index contributed by atoms with van der Waals surface area (Å²) >= 11 is 12.2. The van der Waals surface area contributed by atoms with Gasteiger partial charge in [-0.05, 0) is 65.4 Å². The molecule has 4 nitrogen and oxygen atoms in total. The molecule has 8 heteroatoms. The average Bonchev–Trinajstić information content (AvgIpc) is 2.77. The fraction of sp³-hybridized carbons (Fsp3) is 0.0435. The van der Waals surface area contributed by atoms with Gasteiger partial charge in [0.15, 0.2) is 9.84 Å². The topological polar surface area (TPSA) is 63.2 Å². The van der Waals surface area contributed by atoms with E-state index in [2.05, 4.69) is 5.32 Å². The van der Waals surface area contributed by atoms with Crippen molar-refractivity contribution in [2.24, 2.45) is 0 Å². The van der Waals surface area contributed by atoms with Gasteiger partial charge < -0.3 is 5.32 Å². The molecule has 31 heavy (non-hydrogen) atoms. The lowest BCUT2D eigenvalue weighted by molar-refractivity contribution is 0.597. The molecule has 0 spiro atoms. The van der Waals surface area contributed by atoms with Crippen LogP contribution in [0.15, 0.2) is 99.6 Å². The van der Waals surface area contributed by atoms with Gasteiger partial charge in [-0.1, -0.05) is 53.5 Å². The Balaban J connectivity index is 1.52. The predicted octanol–water partition coefficient (Wildman–Crippen LogP) is 6.16. The molecule has 1 N–H and O–H groups in total. The van der Waals surface area contributed by atoms with E-state index in [9.17, 15) is 12.6 Å². The number of nitrogens with one attached hydrogen (secondary N) is 1. The second-order valence-corrected chi connectivity index (χ2v) is 11.1. The zero-order valence-electron chi connectivity index (χ0n) is 16.1. The van der Waals surface area contributed by atoms with Gasteiger partial charge in [0, 0.05) is 15.6 Å². The molecule has 0 aromatic heterocycles. The van der Waals surface area contributed by atoms with Gasteiger partial charge in [-0.15, -0.1) is 0 Å². The Morgan fingerprint density at radius 2 is 1.52 bits per heavy atom. The summed E-state index contributed by atoms with van der Waals surface area (Å²) in [5, 5.41) is 5.68. The first kappa shape index (κ1) is 21.8. The lowest BCUT2D eigenvalue weighted by atomic mass is 10.1. The molecule has 0 amide bonds. The second kappa shape index (κ2) is 9.01. The van der Waals surface area contributed by atoms with E-state index < -0.39 is 20.6 Å². The zero-order valence-corrected chi connectivity index (χ0v) is 19.2. The molecule has 0 fully saturated rings. The minimum Gasteiger partial charge on any atom is -0.371 e. The number of benzene rings is 4. The Morgan fingerprint density at radius 1 is 0.806 bits per heavy atom. The van der Waals surface area contributed by atoms with E-state index in [4.69, 9.17) is 23.2 Å². The van der Waals surface area contributed by atoms with Crippen LogP contribution in [0, 0.1) is 0 Å². The van der Waals surface area contributed by atoms with E-state index in [0.717, 1.165) is 10.8 Å². The lowest BCUT2D eigenvalue weighted by Crippen LogP contribution is -2.14. The number of halogens is 2. The summed E-state index contributed by atoms with van der Waals surface area (Å²) in [4.78, 5) is 1.28. The number of anilines is 1. The second-order valence-electron chi connectivity index (χ2n) is 6.81. The van der Waals surface area contributed by atoms with Crippen molar-refractivity contribution in [3.05, 3.63) is 95.0 Å². The van der Waals surface area contributed by atoms with Crippen LogP contribution in [-0.4, -0.2) is 18.5 Å². The molecule has 0 bridgehead atoms. The van der Waals surface area contributed by atoms with Crippen LogP contribution >= 0.6 is 23.2 Å². The summed E-state index contributed by atoms with van der Waals surface area (Å²) in [6.07, 6.45) is 0. The molecule has 0 aliphatic rings. The average molecular weight is 490 g/mol. The summed E-state index contributed by atoms with van der Waals surface area (Å²) in [5.74, 6) is -0.307. The Bertz CT molecular complexity index is 1390. The largest absolute Gasteiger partial charge is 0.371 e. The van der Waals surface area contributed by atoms with Crippen molar-refractivity contribution in [1.82, 2.24) is 0 Å². The highest BCUT2D eigenvalue weighted by Gasteiger charge is 2.16. The summed E-state index contributed by atoms with van der Waals surface area (Å²) in [6.45, 7) is 0. The first-order valence-electron chi connectivity index (χ1n) is 9.26. The third-order valence-corrected chi connectivity index (χ3v) is 8.33. The molecule has 0 aliphatic carbocycles. The number of rotatable bonds is 6. The fourth-order valence-corrected chi connectivity index (χ4v) is 5.77. The standard InChI is InChI=1S/C23H17Cl2NO3S2/c24-18-6-10-21(11-7-18)31(28,29)15-26-19-8-12-23(22(25)14-19)30(27)20-9-5-16-3-1-2-4-17(16)13-20/h1-14,26H,15H2. The molecule has 4 aromatic carbocycles. The Morgan fingerprint density at radius 3 is 2.23 bits per heavy atom. The summed E-state index contributed by atoms with van der Waals surface area (Å²) < 4.78 is 38.0. The molecule has 1 atom stereocenters. The number of sulfone groups is 1. The van der Waals surface area contributed by atoms with E-state index in [0.29, 0.717) is 25.5 Å². The minimum absolute atomic E-state index is 0.171. The van der Waals surface area contributed by atoms with Crippen LogP contribution in [0.4, 0.5) is 5.69 Å². The monoisotopic (exact) mass is 489 g/mol. The van der Waals surface area contributed by atoms with Crippen molar-refractivity contribution in [3.63, 3.8) is 0 Å². The zero-order chi connectivity index (χ0) is 22.0. The first-order valence-corrected chi connectivity index (χ1v) is 12.8. The maximum atomic E-state index is 13.1. The van der Waals surface area contributed by atoms with E-state index in [-0.39, 0.29) is 10.8 Å². The van der Waals surface area contributed by atoms with Gasteiger partial charge in [0.05, 0.1) is 25.6 Å². The third kappa shape index (κ3) is 4.93. The number of fused-ring (bicyclic) bond motifs is 1. The summed E-state index contributed by atoms with van der Waals surface area (Å²) in [6, 6.07) is 24.3. The van der Waals surface area contributed by atoms with E-state index in [1.807, 2.05) is 42.5 Å². The van der Waals surface area contributed by atoms with Crippen LogP contribution in [0.2, 0.25) is 10.0 Å². The smallest absolute Gasteiger partial charge is 0.196 e. The number of hydrogen-bond donors (Lipinski definition) is 1. The molecule has 4 rings (SSSR count). The van der Waals surface area contributed by atoms with Crippen LogP contribution in [0.1, 0.15) is 0 Å². The van der Waals surface area contributed by atoms with Crippen molar-refractivity contribution >= 4 is 60.3 Å². The Kier molecular flexibility index (Phi) is 6.34. The van der Waals surface area contributed by atoms with E-state index in [1.165, 1.54) is 24.3 Å². The van der Waals surface area contributed by atoms with Crippen molar-refractivity contribution in [3.8, 4) is 0 Å². The van der Waals surface area contributed by atoms with Crippen LogP contribution in [-0.2, 0) is 20.6 Å². The van der Waals surface area contributed by atoms with E-state index in [1.54, 1.807) is 18.2 Å². The van der Waals surface area contributed by atoms with Crippen molar-refractivity contribution in [2.75, 3.05) is 11.2 Å². The molecule has 0 saturated carbocycles. The molecular formula is C23H17Cl2NO3S2. The Labute approximate surface area is 193 Å². The lowest BCUT2D eigenvalue weighted by Gasteiger charge is -2.11. The highest BCUT2D eigenvalue weighted by atomic mass is 35.5. The van der Waals surface area contributed by atoms with Gasteiger partial charge in [-0.3, -0.25) is 0 Å². The molecule has 0 heterocycles. The third-order valence-electron chi connectivity index (χ3n) is 4.71. The van der Waals surface area contributed by atoms with Gasteiger partial charge in [-0.25, -0.2) is 12.6 Å². The predicted molar refractivity (Wildman–Crippen MR) is 127 cm³/mol. The quantitative estimate of drug-likeness (QED) is 0.352. The molecule has 0 radical (unpaired) electrons. The first-order chi connectivity index (χ1) is 14.8. The fourth-order valence-electron chi connectivity index (χ4n) is 3.07. The van der Waals surface area contributed by atoms with Crippen molar-refractivity contribution < 1.29 is 12.6 Å². The summed E-state index contributed by atoms with van der Waals surface area (Å²) in [5.41, 5.74) is 0.516. The van der Waals surface area contributed by atoms with Crippen LogP contribution < -0.4 is 5.32 Å². The van der Waals surface area contributed by atoms with Crippen LogP contribution in [0.5, 0.6) is 0 Å². The van der Waals surface area contributed by atoms with Crippen LogP contribution in [0.3, 0.4) is 0 Å².